The van der Waals surface area contributed by atoms with Crippen LogP contribution in [0, 0.1) is 0 Å². The number of nitrogens with zero attached hydrogens (tertiary/aromatic N) is 1. The van der Waals surface area contributed by atoms with Crippen LogP contribution in [0.25, 0.3) is 0 Å². The van der Waals surface area contributed by atoms with E-state index < -0.39 is 0 Å². The smallest absolute Gasteiger partial charge is 0.307 e. The van der Waals surface area contributed by atoms with Crippen molar-refractivity contribution in [3.8, 4) is 0 Å². The van der Waals surface area contributed by atoms with Gasteiger partial charge in [-0.05, 0) is 27.4 Å². The lowest BCUT2D eigenvalue weighted by atomic mass is 10.2. The molecule has 4 heteroatoms. The summed E-state index contributed by atoms with van der Waals surface area (Å²) in [5.74, 6) is -0.243. The standard InChI is InChI=1S/C10H21NO3/c1-5-8(2)14-10(13)6-9(7-12)11(3)4/h8-9,12H,5-7H2,1-4H3. The largest absolute Gasteiger partial charge is 0.463 e. The third kappa shape index (κ3) is 5.19. The fraction of sp³-hybridized carbons (Fsp3) is 0.900. The molecule has 0 rings (SSSR count). The zero-order valence-corrected chi connectivity index (χ0v) is 9.49. The molecule has 14 heavy (non-hydrogen) atoms. The number of aliphatic hydroxyl groups excluding tert-OH is 1. The molecule has 0 aliphatic heterocycles. The molecule has 0 amide bonds. The minimum absolute atomic E-state index is 0.0252. The van der Waals surface area contributed by atoms with Crippen LogP contribution in [0.15, 0.2) is 0 Å². The Morgan fingerprint density at radius 3 is 2.43 bits per heavy atom. The van der Waals surface area contributed by atoms with Crippen LogP contribution in [-0.2, 0) is 9.53 Å². The van der Waals surface area contributed by atoms with E-state index in [-0.39, 0.29) is 31.1 Å². The van der Waals surface area contributed by atoms with Gasteiger partial charge in [0.1, 0.15) is 0 Å². The number of carbonyl (C=O) groups is 1. The molecule has 0 spiro atoms. The number of rotatable bonds is 6. The van der Waals surface area contributed by atoms with Gasteiger partial charge in [-0.3, -0.25) is 4.79 Å². The second-order valence-electron chi connectivity index (χ2n) is 3.71. The first kappa shape index (κ1) is 13.4. The van der Waals surface area contributed by atoms with Crippen LogP contribution in [0.1, 0.15) is 26.7 Å². The molecule has 0 aromatic heterocycles. The van der Waals surface area contributed by atoms with E-state index in [0.717, 1.165) is 6.42 Å². The van der Waals surface area contributed by atoms with Gasteiger partial charge < -0.3 is 14.7 Å². The van der Waals surface area contributed by atoms with Gasteiger partial charge in [0.25, 0.3) is 0 Å². The molecule has 0 aromatic rings. The summed E-state index contributed by atoms with van der Waals surface area (Å²) in [4.78, 5) is 13.1. The van der Waals surface area contributed by atoms with Crippen LogP contribution < -0.4 is 0 Å². The Hall–Kier alpha value is -0.610. The monoisotopic (exact) mass is 203 g/mol. The summed E-state index contributed by atoms with van der Waals surface area (Å²) >= 11 is 0. The maximum absolute atomic E-state index is 11.3. The Bertz CT molecular complexity index is 171. The molecule has 0 radical (unpaired) electrons. The van der Waals surface area contributed by atoms with E-state index in [1.54, 1.807) is 0 Å². The molecule has 1 N–H and O–H groups in total. The molecule has 0 aliphatic rings. The van der Waals surface area contributed by atoms with Crippen molar-refractivity contribution >= 4 is 5.97 Å². The molecule has 0 aromatic carbocycles. The molecule has 0 heterocycles. The zero-order chi connectivity index (χ0) is 11.1. The highest BCUT2D eigenvalue weighted by Crippen LogP contribution is 2.04. The zero-order valence-electron chi connectivity index (χ0n) is 9.49. The molecular formula is C10H21NO3. The summed E-state index contributed by atoms with van der Waals surface area (Å²) in [7, 11) is 3.66. The van der Waals surface area contributed by atoms with Gasteiger partial charge in [0, 0.05) is 6.04 Å². The van der Waals surface area contributed by atoms with Crippen LogP contribution in [0.3, 0.4) is 0 Å². The molecule has 4 nitrogen and oxygen atoms in total. The number of esters is 1. The van der Waals surface area contributed by atoms with E-state index in [9.17, 15) is 4.79 Å². The molecule has 0 bridgehead atoms. The Balaban J connectivity index is 3.91. The maximum atomic E-state index is 11.3. The highest BCUT2D eigenvalue weighted by atomic mass is 16.5. The third-order valence-corrected chi connectivity index (χ3v) is 2.25. The minimum Gasteiger partial charge on any atom is -0.463 e. The number of ether oxygens (including phenoxy) is 1. The van der Waals surface area contributed by atoms with Crippen LogP contribution in [0.4, 0.5) is 0 Å². The molecule has 0 fully saturated rings. The predicted molar refractivity (Wildman–Crippen MR) is 55.0 cm³/mol. The van der Waals surface area contributed by atoms with Crippen LogP contribution in [-0.4, -0.2) is 48.8 Å². The Morgan fingerprint density at radius 1 is 1.50 bits per heavy atom. The van der Waals surface area contributed by atoms with E-state index in [4.69, 9.17) is 9.84 Å². The molecule has 2 unspecified atom stereocenters. The lowest BCUT2D eigenvalue weighted by Gasteiger charge is -2.21. The van der Waals surface area contributed by atoms with Crippen molar-refractivity contribution in [2.24, 2.45) is 0 Å². The summed E-state index contributed by atoms with van der Waals surface area (Å²) in [6.07, 6.45) is 1.02. The number of hydrogen-bond acceptors (Lipinski definition) is 4. The van der Waals surface area contributed by atoms with Gasteiger partial charge in [-0.1, -0.05) is 6.92 Å². The quantitative estimate of drug-likeness (QED) is 0.644. The van der Waals surface area contributed by atoms with Crippen LogP contribution in [0.2, 0.25) is 0 Å². The number of aliphatic hydroxyl groups is 1. The number of likely N-dealkylation sites (N-methyl/N-ethyl adjacent to an activating group) is 1. The fourth-order valence-electron chi connectivity index (χ4n) is 0.959. The van der Waals surface area contributed by atoms with Gasteiger partial charge in [0.2, 0.25) is 0 Å². The third-order valence-electron chi connectivity index (χ3n) is 2.25. The summed E-state index contributed by atoms with van der Waals surface area (Å²) in [6.45, 7) is 3.80. The van der Waals surface area contributed by atoms with Crippen molar-refractivity contribution in [3.05, 3.63) is 0 Å². The van der Waals surface area contributed by atoms with Gasteiger partial charge in [-0.15, -0.1) is 0 Å². The van der Waals surface area contributed by atoms with Gasteiger partial charge in [0.05, 0.1) is 19.1 Å². The lowest BCUT2D eigenvalue weighted by Crippen LogP contribution is -2.34. The first-order chi connectivity index (χ1) is 6.51. The topological polar surface area (TPSA) is 49.8 Å². The van der Waals surface area contributed by atoms with Crippen molar-refractivity contribution in [2.75, 3.05) is 20.7 Å². The average Bonchev–Trinajstić information content (AvgIpc) is 2.13. The van der Waals surface area contributed by atoms with Crippen LogP contribution in [0.5, 0.6) is 0 Å². The Labute approximate surface area is 85.9 Å². The van der Waals surface area contributed by atoms with E-state index in [1.165, 1.54) is 0 Å². The highest BCUT2D eigenvalue weighted by Gasteiger charge is 2.17. The number of carbonyl (C=O) groups excluding carboxylic acids is 1. The molecular weight excluding hydrogens is 182 g/mol. The molecule has 0 saturated heterocycles. The predicted octanol–water partition coefficient (Wildman–Crippen LogP) is 0.641. The van der Waals surface area contributed by atoms with E-state index in [0.29, 0.717) is 0 Å². The van der Waals surface area contributed by atoms with Gasteiger partial charge in [-0.25, -0.2) is 0 Å². The van der Waals surface area contributed by atoms with Crippen molar-refractivity contribution in [2.45, 2.75) is 38.8 Å². The lowest BCUT2D eigenvalue weighted by molar-refractivity contribution is -0.150. The van der Waals surface area contributed by atoms with E-state index >= 15 is 0 Å². The van der Waals surface area contributed by atoms with Crippen molar-refractivity contribution in [1.82, 2.24) is 4.90 Å². The van der Waals surface area contributed by atoms with E-state index in [2.05, 4.69) is 0 Å². The Morgan fingerprint density at radius 2 is 2.07 bits per heavy atom. The summed E-state index contributed by atoms with van der Waals surface area (Å²) < 4.78 is 5.11. The summed E-state index contributed by atoms with van der Waals surface area (Å²) in [5.41, 5.74) is 0. The second kappa shape index (κ2) is 6.79. The number of hydrogen-bond donors (Lipinski definition) is 1. The Kier molecular flexibility index (Phi) is 6.49. The minimum atomic E-state index is -0.243. The first-order valence-corrected chi connectivity index (χ1v) is 4.98. The SMILES string of the molecule is CCC(C)OC(=O)CC(CO)N(C)C. The fourth-order valence-corrected chi connectivity index (χ4v) is 0.959. The normalized spacial score (nSPS) is 15.3. The summed E-state index contributed by atoms with van der Waals surface area (Å²) in [5, 5.41) is 8.99. The van der Waals surface area contributed by atoms with Crippen molar-refractivity contribution in [3.63, 3.8) is 0 Å². The van der Waals surface area contributed by atoms with Gasteiger partial charge >= 0.3 is 5.97 Å². The maximum Gasteiger partial charge on any atom is 0.307 e. The summed E-state index contributed by atoms with van der Waals surface area (Å²) in [6, 6.07) is -0.147. The van der Waals surface area contributed by atoms with Gasteiger partial charge in [-0.2, -0.15) is 0 Å². The van der Waals surface area contributed by atoms with Crippen molar-refractivity contribution < 1.29 is 14.6 Å². The average molecular weight is 203 g/mol. The molecule has 84 valence electrons. The van der Waals surface area contributed by atoms with E-state index in [1.807, 2.05) is 32.8 Å². The molecule has 0 saturated carbocycles. The molecule has 0 aliphatic carbocycles. The second-order valence-corrected chi connectivity index (χ2v) is 3.71. The first-order valence-electron chi connectivity index (χ1n) is 4.98. The highest BCUT2D eigenvalue weighted by molar-refractivity contribution is 5.70. The van der Waals surface area contributed by atoms with Crippen molar-refractivity contribution in [1.29, 1.82) is 0 Å². The molecule has 2 atom stereocenters. The van der Waals surface area contributed by atoms with Crippen LogP contribution >= 0.6 is 0 Å². The van der Waals surface area contributed by atoms with Gasteiger partial charge in [0.15, 0.2) is 0 Å².